The van der Waals surface area contributed by atoms with Crippen LogP contribution in [0.2, 0.25) is 0 Å². The first kappa shape index (κ1) is 18.5. The molecule has 0 fully saturated rings. The number of nitrogens with one attached hydrogen (secondary N) is 2. The van der Waals surface area contributed by atoms with Crippen molar-refractivity contribution in [3.8, 4) is 11.1 Å². The zero-order valence-electron chi connectivity index (χ0n) is 14.3. The molecule has 6 heteroatoms. The normalized spacial score (nSPS) is 11.1. The van der Waals surface area contributed by atoms with E-state index in [0.29, 0.717) is 11.3 Å². The number of hydrogen-bond acceptors (Lipinski definition) is 2. The number of halogens is 3. The Balaban J connectivity index is 1.72. The summed E-state index contributed by atoms with van der Waals surface area (Å²) in [5.41, 5.74) is 2.92. The lowest BCUT2D eigenvalue weighted by molar-refractivity contribution is -0.115. The number of rotatable bonds is 5. The summed E-state index contributed by atoms with van der Waals surface area (Å²) in [7, 11) is 0. The van der Waals surface area contributed by atoms with Gasteiger partial charge in [0.2, 0.25) is 0 Å². The summed E-state index contributed by atoms with van der Waals surface area (Å²) < 4.78 is 37.3. The maximum absolute atomic E-state index is 12.5. The van der Waals surface area contributed by atoms with Crippen LogP contribution in [0.15, 0.2) is 78.9 Å². The Kier molecular flexibility index (Phi) is 5.45. The van der Waals surface area contributed by atoms with Crippen molar-refractivity contribution >= 4 is 17.3 Å². The first-order valence-electron chi connectivity index (χ1n) is 8.29. The van der Waals surface area contributed by atoms with Crippen LogP contribution >= 0.6 is 0 Å². The Labute approximate surface area is 154 Å². The van der Waals surface area contributed by atoms with Crippen molar-refractivity contribution in [2.45, 2.75) is 6.18 Å². The van der Waals surface area contributed by atoms with E-state index < -0.39 is 18.6 Å². The fourth-order valence-electron chi connectivity index (χ4n) is 2.58. The Hall–Kier alpha value is -3.28. The third-order valence-electron chi connectivity index (χ3n) is 3.91. The van der Waals surface area contributed by atoms with Gasteiger partial charge < -0.3 is 10.6 Å². The minimum absolute atomic E-state index is 0.212. The molecule has 0 saturated carbocycles. The molecule has 0 bridgehead atoms. The van der Waals surface area contributed by atoms with Crippen LogP contribution in [0.3, 0.4) is 0 Å². The highest BCUT2D eigenvalue weighted by Crippen LogP contribution is 2.25. The van der Waals surface area contributed by atoms with Crippen LogP contribution in [0.4, 0.5) is 24.5 Å². The van der Waals surface area contributed by atoms with Gasteiger partial charge in [-0.15, -0.1) is 0 Å². The number of para-hydroxylation sites is 2. The van der Waals surface area contributed by atoms with E-state index >= 15 is 0 Å². The zero-order chi connectivity index (χ0) is 19.3. The Morgan fingerprint density at radius 1 is 0.741 bits per heavy atom. The standard InChI is InChI=1S/C21H17F3N2O/c22-21(23,24)14-25-18-8-4-5-9-19(18)26-20(27)17-12-10-16(11-13-17)15-6-2-1-3-7-15/h1-13,25H,14H2,(H,26,27). The summed E-state index contributed by atoms with van der Waals surface area (Å²) in [5.74, 6) is -0.393. The average molecular weight is 370 g/mol. The predicted octanol–water partition coefficient (Wildman–Crippen LogP) is 5.58. The molecule has 2 N–H and O–H groups in total. The first-order chi connectivity index (χ1) is 12.9. The lowest BCUT2D eigenvalue weighted by Gasteiger charge is -2.14. The van der Waals surface area contributed by atoms with E-state index in [0.717, 1.165) is 11.1 Å². The minimum Gasteiger partial charge on any atom is -0.375 e. The molecule has 138 valence electrons. The van der Waals surface area contributed by atoms with Gasteiger partial charge in [-0.1, -0.05) is 54.6 Å². The molecule has 0 atom stereocenters. The van der Waals surface area contributed by atoms with Gasteiger partial charge in [-0.05, 0) is 35.4 Å². The summed E-state index contributed by atoms with van der Waals surface area (Å²) >= 11 is 0. The van der Waals surface area contributed by atoms with Gasteiger partial charge in [-0.2, -0.15) is 13.2 Å². The number of carbonyl (C=O) groups is 1. The minimum atomic E-state index is -4.34. The molecule has 0 aliphatic heterocycles. The molecule has 3 aromatic carbocycles. The summed E-state index contributed by atoms with van der Waals surface area (Å²) in [6.07, 6.45) is -4.34. The molecule has 0 aliphatic carbocycles. The van der Waals surface area contributed by atoms with Crippen LogP contribution in [-0.4, -0.2) is 18.6 Å². The molecule has 3 aromatic rings. The van der Waals surface area contributed by atoms with Crippen molar-refractivity contribution in [1.82, 2.24) is 0 Å². The molecule has 0 aliphatic rings. The van der Waals surface area contributed by atoms with Gasteiger partial charge in [0.05, 0.1) is 11.4 Å². The number of amides is 1. The van der Waals surface area contributed by atoms with E-state index in [4.69, 9.17) is 0 Å². The van der Waals surface area contributed by atoms with Gasteiger partial charge in [0.25, 0.3) is 5.91 Å². The molecule has 3 nitrogen and oxygen atoms in total. The van der Waals surface area contributed by atoms with Crippen molar-refractivity contribution in [1.29, 1.82) is 0 Å². The summed E-state index contributed by atoms with van der Waals surface area (Å²) in [6, 6.07) is 23.0. The quantitative estimate of drug-likeness (QED) is 0.616. The zero-order valence-corrected chi connectivity index (χ0v) is 14.3. The second kappa shape index (κ2) is 7.95. The van der Waals surface area contributed by atoms with Crippen molar-refractivity contribution < 1.29 is 18.0 Å². The summed E-state index contributed by atoms with van der Waals surface area (Å²) in [5, 5.41) is 4.95. The van der Waals surface area contributed by atoms with Crippen LogP contribution in [0.1, 0.15) is 10.4 Å². The number of benzene rings is 3. The third-order valence-corrected chi connectivity index (χ3v) is 3.91. The third kappa shape index (κ3) is 5.10. The second-order valence-corrected chi connectivity index (χ2v) is 5.91. The van der Waals surface area contributed by atoms with Gasteiger partial charge >= 0.3 is 6.18 Å². The highest BCUT2D eigenvalue weighted by molar-refractivity contribution is 6.06. The number of alkyl halides is 3. The molecular formula is C21H17F3N2O. The van der Waals surface area contributed by atoms with Crippen molar-refractivity contribution in [3.63, 3.8) is 0 Å². The van der Waals surface area contributed by atoms with E-state index in [-0.39, 0.29) is 5.69 Å². The fourth-order valence-corrected chi connectivity index (χ4v) is 2.58. The van der Waals surface area contributed by atoms with Crippen LogP contribution in [0.25, 0.3) is 11.1 Å². The van der Waals surface area contributed by atoms with Gasteiger partial charge in [0.15, 0.2) is 0 Å². The van der Waals surface area contributed by atoms with Crippen LogP contribution in [-0.2, 0) is 0 Å². The first-order valence-corrected chi connectivity index (χ1v) is 8.29. The molecule has 0 spiro atoms. The highest BCUT2D eigenvalue weighted by Gasteiger charge is 2.27. The predicted molar refractivity (Wildman–Crippen MR) is 101 cm³/mol. The Morgan fingerprint density at radius 2 is 1.30 bits per heavy atom. The largest absolute Gasteiger partial charge is 0.405 e. The van der Waals surface area contributed by atoms with Crippen LogP contribution < -0.4 is 10.6 Å². The maximum Gasteiger partial charge on any atom is 0.405 e. The van der Waals surface area contributed by atoms with Crippen LogP contribution in [0, 0.1) is 0 Å². The molecule has 0 unspecified atom stereocenters. The molecule has 0 aromatic heterocycles. The van der Waals surface area contributed by atoms with Gasteiger partial charge in [0.1, 0.15) is 6.54 Å². The monoisotopic (exact) mass is 370 g/mol. The van der Waals surface area contributed by atoms with E-state index in [1.54, 1.807) is 30.3 Å². The second-order valence-electron chi connectivity index (χ2n) is 5.91. The smallest absolute Gasteiger partial charge is 0.375 e. The Morgan fingerprint density at radius 3 is 1.93 bits per heavy atom. The number of anilines is 2. The van der Waals surface area contributed by atoms with Crippen LogP contribution in [0.5, 0.6) is 0 Å². The van der Waals surface area contributed by atoms with E-state index in [9.17, 15) is 18.0 Å². The van der Waals surface area contributed by atoms with E-state index in [1.165, 1.54) is 6.07 Å². The molecule has 1 amide bonds. The molecule has 3 rings (SSSR count). The molecular weight excluding hydrogens is 353 g/mol. The van der Waals surface area contributed by atoms with E-state index in [1.807, 2.05) is 42.5 Å². The van der Waals surface area contributed by atoms with Gasteiger partial charge in [0, 0.05) is 5.56 Å². The maximum atomic E-state index is 12.5. The summed E-state index contributed by atoms with van der Waals surface area (Å²) in [6.45, 7) is -1.17. The van der Waals surface area contributed by atoms with Crippen molar-refractivity contribution in [2.24, 2.45) is 0 Å². The molecule has 0 radical (unpaired) electrons. The fraction of sp³-hybridized carbons (Fsp3) is 0.0952. The van der Waals surface area contributed by atoms with Crippen molar-refractivity contribution in [2.75, 3.05) is 17.2 Å². The number of hydrogen-bond donors (Lipinski definition) is 2. The molecule has 0 saturated heterocycles. The lowest BCUT2D eigenvalue weighted by Crippen LogP contribution is -2.22. The average Bonchev–Trinajstić information content (AvgIpc) is 2.67. The lowest BCUT2D eigenvalue weighted by atomic mass is 10.0. The number of carbonyl (C=O) groups excluding carboxylic acids is 1. The Bertz CT molecular complexity index is 907. The topological polar surface area (TPSA) is 41.1 Å². The van der Waals surface area contributed by atoms with Gasteiger partial charge in [-0.3, -0.25) is 4.79 Å². The van der Waals surface area contributed by atoms with E-state index in [2.05, 4.69) is 10.6 Å². The van der Waals surface area contributed by atoms with Crippen molar-refractivity contribution in [3.05, 3.63) is 84.4 Å². The SMILES string of the molecule is O=C(Nc1ccccc1NCC(F)(F)F)c1ccc(-c2ccccc2)cc1. The molecule has 0 heterocycles. The summed E-state index contributed by atoms with van der Waals surface area (Å²) in [4.78, 5) is 12.5. The van der Waals surface area contributed by atoms with Gasteiger partial charge in [-0.25, -0.2) is 0 Å². The highest BCUT2D eigenvalue weighted by atomic mass is 19.4. The molecule has 27 heavy (non-hydrogen) atoms.